The fourth-order valence-electron chi connectivity index (χ4n) is 3.64. The molecule has 2 N–H and O–H groups in total. The van der Waals surface area contributed by atoms with Gasteiger partial charge in [-0.15, -0.1) is 35.7 Å². The first-order chi connectivity index (χ1) is 12.4. The molecule has 0 aliphatic heterocycles. The van der Waals surface area contributed by atoms with E-state index in [4.69, 9.17) is 0 Å². The molecule has 7 heteroatoms. The quantitative estimate of drug-likeness (QED) is 0.269. The van der Waals surface area contributed by atoms with Crippen molar-refractivity contribution in [1.29, 1.82) is 0 Å². The van der Waals surface area contributed by atoms with Gasteiger partial charge in [-0.1, -0.05) is 25.0 Å². The van der Waals surface area contributed by atoms with Crippen molar-refractivity contribution in [3.63, 3.8) is 0 Å². The van der Waals surface area contributed by atoms with Crippen LogP contribution in [0.4, 0.5) is 0 Å². The largest absolute Gasteiger partial charge is 0.355 e. The van der Waals surface area contributed by atoms with E-state index in [2.05, 4.69) is 47.0 Å². The molecule has 2 rings (SSSR count). The van der Waals surface area contributed by atoms with E-state index in [-0.39, 0.29) is 35.3 Å². The third-order valence-electron chi connectivity index (χ3n) is 5.13. The molecule has 0 spiro atoms. The molecule has 0 saturated heterocycles. The minimum Gasteiger partial charge on any atom is -0.355 e. The van der Waals surface area contributed by atoms with E-state index >= 15 is 0 Å². The molecule has 0 unspecified atom stereocenters. The van der Waals surface area contributed by atoms with Crippen LogP contribution in [0.5, 0.6) is 0 Å². The van der Waals surface area contributed by atoms with Crippen molar-refractivity contribution in [2.45, 2.75) is 44.0 Å². The van der Waals surface area contributed by atoms with Crippen LogP contribution in [-0.4, -0.2) is 50.7 Å². The number of carbonyl (C=O) groups is 1. The summed E-state index contributed by atoms with van der Waals surface area (Å²) in [4.78, 5) is 20.0. The van der Waals surface area contributed by atoms with Crippen molar-refractivity contribution in [2.24, 2.45) is 10.4 Å². The summed E-state index contributed by atoms with van der Waals surface area (Å²) >= 11 is 1.76. The Morgan fingerprint density at radius 1 is 1.26 bits per heavy atom. The van der Waals surface area contributed by atoms with Crippen molar-refractivity contribution in [1.82, 2.24) is 15.5 Å². The molecule has 1 aliphatic carbocycles. The highest BCUT2D eigenvalue weighted by atomic mass is 127. The van der Waals surface area contributed by atoms with E-state index in [1.54, 1.807) is 23.7 Å². The van der Waals surface area contributed by atoms with Crippen LogP contribution in [0.1, 0.15) is 36.8 Å². The molecule has 0 aromatic heterocycles. The number of carbonyl (C=O) groups excluding carboxylic acids is 1. The van der Waals surface area contributed by atoms with Crippen molar-refractivity contribution in [3.8, 4) is 0 Å². The van der Waals surface area contributed by atoms with Gasteiger partial charge in [0.1, 0.15) is 0 Å². The number of amides is 1. The first-order valence-corrected chi connectivity index (χ1v) is 10.4. The number of halogens is 1. The minimum absolute atomic E-state index is 0. The molecule has 1 saturated carbocycles. The van der Waals surface area contributed by atoms with E-state index in [0.29, 0.717) is 13.1 Å². The molecule has 0 bridgehead atoms. The zero-order chi connectivity index (χ0) is 19.2. The second kappa shape index (κ2) is 11.1. The van der Waals surface area contributed by atoms with Gasteiger partial charge in [-0.2, -0.15) is 0 Å². The molecule has 1 fully saturated rings. The SMILES string of the molecule is CN=C(NCc1ccc(C)cc1SC)NCC1(C(=O)N(C)C)CCCC1.I. The van der Waals surface area contributed by atoms with E-state index in [1.165, 1.54) is 16.0 Å². The highest BCUT2D eigenvalue weighted by Gasteiger charge is 2.42. The Balaban J connectivity index is 0.00000364. The van der Waals surface area contributed by atoms with Gasteiger partial charge < -0.3 is 15.5 Å². The summed E-state index contributed by atoms with van der Waals surface area (Å²) in [6, 6.07) is 6.51. The molecular weight excluding hydrogens is 471 g/mol. The van der Waals surface area contributed by atoms with Crippen LogP contribution in [0, 0.1) is 12.3 Å². The van der Waals surface area contributed by atoms with Crippen LogP contribution in [0.2, 0.25) is 0 Å². The molecular formula is C20H33IN4OS. The summed E-state index contributed by atoms with van der Waals surface area (Å²) in [7, 11) is 5.46. The van der Waals surface area contributed by atoms with Crippen LogP contribution in [0.15, 0.2) is 28.1 Å². The molecule has 152 valence electrons. The van der Waals surface area contributed by atoms with Crippen molar-refractivity contribution >= 4 is 47.6 Å². The lowest BCUT2D eigenvalue weighted by molar-refractivity contribution is -0.138. The third-order valence-corrected chi connectivity index (χ3v) is 5.95. The van der Waals surface area contributed by atoms with E-state index < -0.39 is 0 Å². The van der Waals surface area contributed by atoms with Gasteiger partial charge in [-0.25, -0.2) is 0 Å². The predicted octanol–water partition coefficient (Wildman–Crippen LogP) is 3.65. The summed E-state index contributed by atoms with van der Waals surface area (Å²) < 4.78 is 0. The number of nitrogens with one attached hydrogen (secondary N) is 2. The molecule has 0 atom stereocenters. The van der Waals surface area contributed by atoms with E-state index in [9.17, 15) is 4.79 Å². The molecule has 1 amide bonds. The number of aryl methyl sites for hydroxylation is 1. The summed E-state index contributed by atoms with van der Waals surface area (Å²) in [5, 5.41) is 6.78. The van der Waals surface area contributed by atoms with Crippen molar-refractivity contribution < 1.29 is 4.79 Å². The van der Waals surface area contributed by atoms with Crippen LogP contribution in [0.25, 0.3) is 0 Å². The minimum atomic E-state index is -0.296. The summed E-state index contributed by atoms with van der Waals surface area (Å²) in [6.45, 7) is 3.46. The monoisotopic (exact) mass is 504 g/mol. The number of thioether (sulfide) groups is 1. The summed E-state index contributed by atoms with van der Waals surface area (Å²) in [5.41, 5.74) is 2.23. The highest BCUT2D eigenvalue weighted by molar-refractivity contribution is 14.0. The molecule has 0 heterocycles. The van der Waals surface area contributed by atoms with Crippen LogP contribution in [0.3, 0.4) is 0 Å². The first-order valence-electron chi connectivity index (χ1n) is 9.21. The summed E-state index contributed by atoms with van der Waals surface area (Å²) in [5.74, 6) is 0.969. The maximum absolute atomic E-state index is 12.7. The third kappa shape index (κ3) is 6.27. The fourth-order valence-corrected chi connectivity index (χ4v) is 4.35. The van der Waals surface area contributed by atoms with Gasteiger partial charge in [0.05, 0.1) is 5.41 Å². The molecule has 1 aliphatic rings. The highest BCUT2D eigenvalue weighted by Crippen LogP contribution is 2.38. The van der Waals surface area contributed by atoms with Crippen LogP contribution < -0.4 is 10.6 Å². The van der Waals surface area contributed by atoms with Crippen molar-refractivity contribution in [3.05, 3.63) is 29.3 Å². The average Bonchev–Trinajstić information content (AvgIpc) is 3.11. The van der Waals surface area contributed by atoms with E-state index in [1.807, 2.05) is 14.1 Å². The Kier molecular flexibility index (Phi) is 9.94. The number of hydrogen-bond donors (Lipinski definition) is 2. The number of rotatable bonds is 6. The average molecular weight is 504 g/mol. The smallest absolute Gasteiger partial charge is 0.230 e. The molecule has 5 nitrogen and oxygen atoms in total. The maximum Gasteiger partial charge on any atom is 0.230 e. The number of hydrogen-bond acceptors (Lipinski definition) is 3. The van der Waals surface area contributed by atoms with Gasteiger partial charge in [0.2, 0.25) is 5.91 Å². The zero-order valence-corrected chi connectivity index (χ0v) is 20.2. The lowest BCUT2D eigenvalue weighted by Gasteiger charge is -2.31. The molecule has 27 heavy (non-hydrogen) atoms. The Labute approximate surface area is 185 Å². The Hall–Kier alpha value is -0.960. The van der Waals surface area contributed by atoms with E-state index in [0.717, 1.165) is 31.6 Å². The standard InChI is InChI=1S/C20H32N4OS.HI/c1-15-8-9-16(17(12-15)26-5)13-22-19(21-2)23-14-20(10-6-7-11-20)18(25)24(3)4;/h8-9,12H,6-7,10-11,13-14H2,1-5H3,(H2,21,22,23);1H. The normalized spacial score (nSPS) is 15.8. The molecule has 1 aromatic carbocycles. The van der Waals surface area contributed by atoms with Gasteiger partial charge in [-0.3, -0.25) is 9.79 Å². The number of nitrogens with zero attached hydrogens (tertiary/aromatic N) is 2. The lowest BCUT2D eigenvalue weighted by atomic mass is 9.84. The van der Waals surface area contributed by atoms with Gasteiger partial charge in [-0.05, 0) is 43.2 Å². The topological polar surface area (TPSA) is 56.7 Å². The Morgan fingerprint density at radius 2 is 1.93 bits per heavy atom. The fraction of sp³-hybridized carbons (Fsp3) is 0.600. The second-order valence-electron chi connectivity index (χ2n) is 7.28. The second-order valence-corrected chi connectivity index (χ2v) is 8.13. The predicted molar refractivity (Wildman–Crippen MR) is 126 cm³/mol. The number of aliphatic imine (C=N–C) groups is 1. The van der Waals surface area contributed by atoms with Gasteiger partial charge >= 0.3 is 0 Å². The summed E-state index contributed by atoms with van der Waals surface area (Å²) in [6.07, 6.45) is 6.23. The zero-order valence-electron chi connectivity index (χ0n) is 17.1. The van der Waals surface area contributed by atoms with Crippen LogP contribution >= 0.6 is 35.7 Å². The van der Waals surface area contributed by atoms with Gasteiger partial charge in [0.25, 0.3) is 0 Å². The molecule has 0 radical (unpaired) electrons. The van der Waals surface area contributed by atoms with Crippen LogP contribution in [-0.2, 0) is 11.3 Å². The molecule has 1 aromatic rings. The maximum atomic E-state index is 12.7. The first kappa shape index (κ1) is 24.1. The number of guanidine groups is 1. The van der Waals surface area contributed by atoms with Gasteiger partial charge in [0, 0.05) is 39.1 Å². The lowest BCUT2D eigenvalue weighted by Crippen LogP contribution is -2.49. The Morgan fingerprint density at radius 3 is 2.48 bits per heavy atom. The van der Waals surface area contributed by atoms with Gasteiger partial charge in [0.15, 0.2) is 5.96 Å². The Bertz CT molecular complexity index is 657. The number of benzene rings is 1. The van der Waals surface area contributed by atoms with Crippen molar-refractivity contribution in [2.75, 3.05) is 33.9 Å².